The minimum atomic E-state index is -0.401. The number of nitro groups is 1. The summed E-state index contributed by atoms with van der Waals surface area (Å²) in [4.78, 5) is 10.5. The van der Waals surface area contributed by atoms with E-state index >= 15 is 0 Å². The minimum absolute atomic E-state index is 0.0623. The number of halogens is 1. The molecule has 1 saturated heterocycles. The standard InChI is InChI=1S/C13H17BrN2O4/c14-10-3-4-13(16(17)18)12(8-10)15-5-7-19-9-11-2-1-6-20-11/h3-4,8,11,15H,1-2,5-7,9H2. The Hall–Kier alpha value is -1.18. The van der Waals surface area contributed by atoms with Crippen LogP contribution in [0.15, 0.2) is 22.7 Å². The second kappa shape index (κ2) is 7.56. The molecule has 1 atom stereocenters. The van der Waals surface area contributed by atoms with Gasteiger partial charge in [0, 0.05) is 23.7 Å². The highest BCUT2D eigenvalue weighted by atomic mass is 79.9. The number of nitro benzene ring substituents is 1. The van der Waals surface area contributed by atoms with E-state index in [4.69, 9.17) is 9.47 Å². The van der Waals surface area contributed by atoms with Gasteiger partial charge in [-0.25, -0.2) is 0 Å². The lowest BCUT2D eigenvalue weighted by Crippen LogP contribution is -2.18. The SMILES string of the molecule is O=[N+]([O-])c1ccc(Br)cc1NCCOCC1CCCO1. The maximum absolute atomic E-state index is 10.9. The van der Waals surface area contributed by atoms with Crippen LogP contribution < -0.4 is 5.32 Å². The predicted molar refractivity (Wildman–Crippen MR) is 79.1 cm³/mol. The lowest BCUT2D eigenvalue weighted by atomic mass is 10.2. The molecule has 110 valence electrons. The van der Waals surface area contributed by atoms with Gasteiger partial charge in [-0.3, -0.25) is 10.1 Å². The summed E-state index contributed by atoms with van der Waals surface area (Å²) in [5.41, 5.74) is 0.553. The number of ether oxygens (including phenoxy) is 2. The maximum atomic E-state index is 10.9. The third kappa shape index (κ3) is 4.43. The number of benzene rings is 1. The van der Waals surface area contributed by atoms with Crippen LogP contribution >= 0.6 is 15.9 Å². The Bertz CT molecular complexity index is 464. The molecule has 0 bridgehead atoms. The lowest BCUT2D eigenvalue weighted by Gasteiger charge is -2.11. The van der Waals surface area contributed by atoms with Crippen LogP contribution in [0.1, 0.15) is 12.8 Å². The van der Waals surface area contributed by atoms with Crippen molar-refractivity contribution in [1.29, 1.82) is 0 Å². The molecule has 0 aliphatic carbocycles. The van der Waals surface area contributed by atoms with E-state index in [-0.39, 0.29) is 11.8 Å². The van der Waals surface area contributed by atoms with Gasteiger partial charge in [-0.2, -0.15) is 0 Å². The summed E-state index contributed by atoms with van der Waals surface area (Å²) in [6.07, 6.45) is 2.34. The molecule has 1 heterocycles. The van der Waals surface area contributed by atoms with Crippen LogP contribution in [-0.2, 0) is 9.47 Å². The van der Waals surface area contributed by atoms with Crippen molar-refractivity contribution >= 4 is 27.3 Å². The molecule has 0 spiro atoms. The molecule has 2 rings (SSSR count). The molecule has 0 aromatic heterocycles. The van der Waals surface area contributed by atoms with Crippen LogP contribution in [0.2, 0.25) is 0 Å². The highest BCUT2D eigenvalue weighted by Gasteiger charge is 2.15. The largest absolute Gasteiger partial charge is 0.377 e. The summed E-state index contributed by atoms with van der Waals surface area (Å²) in [5.74, 6) is 0. The molecule has 0 saturated carbocycles. The first-order valence-electron chi connectivity index (χ1n) is 6.54. The van der Waals surface area contributed by atoms with Crippen molar-refractivity contribution < 1.29 is 14.4 Å². The fourth-order valence-electron chi connectivity index (χ4n) is 2.06. The Kier molecular flexibility index (Phi) is 5.75. The van der Waals surface area contributed by atoms with E-state index in [1.807, 2.05) is 0 Å². The van der Waals surface area contributed by atoms with Crippen molar-refractivity contribution in [1.82, 2.24) is 0 Å². The predicted octanol–water partition coefficient (Wildman–Crippen LogP) is 2.96. The van der Waals surface area contributed by atoms with Crippen molar-refractivity contribution in [3.63, 3.8) is 0 Å². The van der Waals surface area contributed by atoms with Crippen molar-refractivity contribution in [3.8, 4) is 0 Å². The number of rotatable bonds is 7. The highest BCUT2D eigenvalue weighted by Crippen LogP contribution is 2.27. The van der Waals surface area contributed by atoms with Crippen molar-refractivity contribution in [3.05, 3.63) is 32.8 Å². The van der Waals surface area contributed by atoms with Crippen molar-refractivity contribution in [2.24, 2.45) is 0 Å². The third-order valence-corrected chi connectivity index (χ3v) is 3.54. The zero-order valence-electron chi connectivity index (χ0n) is 11.0. The number of hydrogen-bond acceptors (Lipinski definition) is 5. The molecular formula is C13H17BrN2O4. The average molecular weight is 345 g/mol. The Morgan fingerprint density at radius 2 is 2.40 bits per heavy atom. The quantitative estimate of drug-likeness (QED) is 0.467. The molecule has 1 unspecified atom stereocenters. The Morgan fingerprint density at radius 1 is 1.55 bits per heavy atom. The smallest absolute Gasteiger partial charge is 0.292 e. The fraction of sp³-hybridized carbons (Fsp3) is 0.538. The van der Waals surface area contributed by atoms with Gasteiger partial charge in [0.1, 0.15) is 5.69 Å². The Morgan fingerprint density at radius 3 is 3.10 bits per heavy atom. The molecule has 7 heteroatoms. The van der Waals surface area contributed by atoms with Crippen LogP contribution in [0.5, 0.6) is 0 Å². The van der Waals surface area contributed by atoms with E-state index in [1.54, 1.807) is 12.1 Å². The lowest BCUT2D eigenvalue weighted by molar-refractivity contribution is -0.384. The van der Waals surface area contributed by atoms with E-state index in [0.717, 1.165) is 23.9 Å². The third-order valence-electron chi connectivity index (χ3n) is 3.04. The van der Waals surface area contributed by atoms with Crippen LogP contribution in [0.25, 0.3) is 0 Å². The topological polar surface area (TPSA) is 73.6 Å². The van der Waals surface area contributed by atoms with E-state index < -0.39 is 4.92 Å². The second-order valence-corrected chi connectivity index (χ2v) is 5.47. The first-order valence-corrected chi connectivity index (χ1v) is 7.33. The number of anilines is 1. The molecule has 0 amide bonds. The molecule has 1 aliphatic rings. The molecule has 1 aliphatic heterocycles. The molecule has 0 radical (unpaired) electrons. The Labute approximate surface area is 125 Å². The van der Waals surface area contributed by atoms with Crippen LogP contribution in [0, 0.1) is 10.1 Å². The van der Waals surface area contributed by atoms with E-state index in [0.29, 0.717) is 25.4 Å². The van der Waals surface area contributed by atoms with Crippen LogP contribution in [-0.4, -0.2) is 37.4 Å². The first-order chi connectivity index (χ1) is 9.66. The molecule has 6 nitrogen and oxygen atoms in total. The summed E-state index contributed by atoms with van der Waals surface area (Å²) in [6, 6.07) is 4.81. The van der Waals surface area contributed by atoms with Crippen LogP contribution in [0.3, 0.4) is 0 Å². The van der Waals surface area contributed by atoms with Gasteiger partial charge in [-0.15, -0.1) is 0 Å². The van der Waals surface area contributed by atoms with Gasteiger partial charge in [-0.05, 0) is 25.0 Å². The van der Waals surface area contributed by atoms with Crippen LogP contribution in [0.4, 0.5) is 11.4 Å². The maximum Gasteiger partial charge on any atom is 0.292 e. The molecule has 1 fully saturated rings. The molecular weight excluding hydrogens is 328 g/mol. The first kappa shape index (κ1) is 15.2. The van der Waals surface area contributed by atoms with E-state index in [9.17, 15) is 10.1 Å². The number of nitrogens with zero attached hydrogens (tertiary/aromatic N) is 1. The van der Waals surface area contributed by atoms with Gasteiger partial charge in [0.2, 0.25) is 0 Å². The van der Waals surface area contributed by atoms with Crippen molar-refractivity contribution in [2.45, 2.75) is 18.9 Å². The zero-order valence-corrected chi connectivity index (χ0v) is 12.6. The normalized spacial score (nSPS) is 18.1. The zero-order chi connectivity index (χ0) is 14.4. The summed E-state index contributed by atoms with van der Waals surface area (Å²) >= 11 is 3.30. The van der Waals surface area contributed by atoms with Gasteiger partial charge < -0.3 is 14.8 Å². The minimum Gasteiger partial charge on any atom is -0.377 e. The number of hydrogen-bond donors (Lipinski definition) is 1. The van der Waals surface area contributed by atoms with Crippen molar-refractivity contribution in [2.75, 3.05) is 31.7 Å². The second-order valence-electron chi connectivity index (χ2n) is 4.56. The highest BCUT2D eigenvalue weighted by molar-refractivity contribution is 9.10. The van der Waals surface area contributed by atoms with Gasteiger partial charge in [0.15, 0.2) is 0 Å². The van der Waals surface area contributed by atoms with Gasteiger partial charge in [0.05, 0.1) is 24.2 Å². The van der Waals surface area contributed by atoms with E-state index in [1.165, 1.54) is 6.07 Å². The molecule has 1 aromatic rings. The summed E-state index contributed by atoms with van der Waals surface area (Å²) < 4.78 is 11.7. The molecule has 20 heavy (non-hydrogen) atoms. The van der Waals surface area contributed by atoms with E-state index in [2.05, 4.69) is 21.2 Å². The summed E-state index contributed by atoms with van der Waals surface area (Å²) in [5, 5.41) is 13.9. The summed E-state index contributed by atoms with van der Waals surface area (Å²) in [6.45, 7) is 2.41. The van der Waals surface area contributed by atoms with Gasteiger partial charge >= 0.3 is 0 Å². The average Bonchev–Trinajstić information content (AvgIpc) is 2.91. The van der Waals surface area contributed by atoms with Gasteiger partial charge in [-0.1, -0.05) is 15.9 Å². The molecule has 1 aromatic carbocycles. The monoisotopic (exact) mass is 344 g/mol. The van der Waals surface area contributed by atoms with Gasteiger partial charge in [0.25, 0.3) is 5.69 Å². The Balaban J connectivity index is 1.75. The summed E-state index contributed by atoms with van der Waals surface area (Å²) in [7, 11) is 0. The fourth-order valence-corrected chi connectivity index (χ4v) is 2.42. The molecule has 1 N–H and O–H groups in total. The number of nitrogens with one attached hydrogen (secondary N) is 1.